The van der Waals surface area contributed by atoms with E-state index < -0.39 is 0 Å². The molecule has 3 rings (SSSR count). The molecule has 32 heavy (non-hydrogen) atoms. The van der Waals surface area contributed by atoms with Crippen LogP contribution in [0.25, 0.3) is 0 Å². The SMILES string of the molecule is CCOc1cc2c(cc1CNC(=NC)NCCCCN1CCN(CC)CC1)OC(C)C2.I. The van der Waals surface area contributed by atoms with Gasteiger partial charge in [0.2, 0.25) is 0 Å². The number of hydrogen-bond donors (Lipinski definition) is 2. The van der Waals surface area contributed by atoms with E-state index >= 15 is 0 Å². The first-order chi connectivity index (χ1) is 15.1. The largest absolute Gasteiger partial charge is 0.494 e. The molecule has 1 fully saturated rings. The van der Waals surface area contributed by atoms with Crippen molar-refractivity contribution in [3.63, 3.8) is 0 Å². The zero-order chi connectivity index (χ0) is 22.1. The fourth-order valence-corrected chi connectivity index (χ4v) is 4.31. The third kappa shape index (κ3) is 7.95. The van der Waals surface area contributed by atoms with Gasteiger partial charge in [0.15, 0.2) is 5.96 Å². The van der Waals surface area contributed by atoms with Gasteiger partial charge in [0, 0.05) is 63.9 Å². The monoisotopic (exact) mass is 559 g/mol. The third-order valence-corrected chi connectivity index (χ3v) is 6.15. The second-order valence-electron chi connectivity index (χ2n) is 8.47. The minimum absolute atomic E-state index is 0. The van der Waals surface area contributed by atoms with E-state index in [9.17, 15) is 0 Å². The van der Waals surface area contributed by atoms with Crippen molar-refractivity contribution in [2.24, 2.45) is 4.99 Å². The van der Waals surface area contributed by atoms with Crippen molar-refractivity contribution in [3.05, 3.63) is 23.3 Å². The molecule has 2 aliphatic rings. The van der Waals surface area contributed by atoms with E-state index in [2.05, 4.69) is 51.4 Å². The second-order valence-corrected chi connectivity index (χ2v) is 8.47. The van der Waals surface area contributed by atoms with Gasteiger partial charge in [-0.05, 0) is 51.9 Å². The van der Waals surface area contributed by atoms with Crippen LogP contribution >= 0.6 is 24.0 Å². The van der Waals surface area contributed by atoms with E-state index in [4.69, 9.17) is 9.47 Å². The number of benzene rings is 1. The standard InChI is InChI=1S/C24H41N5O2.HI/c1-5-28-11-13-29(14-12-28)10-8-7-9-26-24(25-4)27-18-21-17-23-20(15-19(3)31-23)16-22(21)30-6-2;/h16-17,19H,5-15,18H2,1-4H3,(H2,25,26,27);1H. The lowest BCUT2D eigenvalue weighted by Gasteiger charge is -2.34. The number of unbranched alkanes of at least 4 members (excludes halogenated alkanes) is 1. The smallest absolute Gasteiger partial charge is 0.191 e. The van der Waals surface area contributed by atoms with Crippen LogP contribution in [-0.2, 0) is 13.0 Å². The molecule has 1 saturated heterocycles. The predicted octanol–water partition coefficient (Wildman–Crippen LogP) is 3.11. The summed E-state index contributed by atoms with van der Waals surface area (Å²) in [5, 5.41) is 6.87. The van der Waals surface area contributed by atoms with Crippen LogP contribution in [0.15, 0.2) is 17.1 Å². The maximum absolute atomic E-state index is 5.93. The quantitative estimate of drug-likeness (QED) is 0.199. The lowest BCUT2D eigenvalue weighted by molar-refractivity contribution is 0.136. The summed E-state index contributed by atoms with van der Waals surface area (Å²) in [6, 6.07) is 4.25. The lowest BCUT2D eigenvalue weighted by atomic mass is 10.1. The van der Waals surface area contributed by atoms with Gasteiger partial charge in [0.1, 0.15) is 17.6 Å². The van der Waals surface area contributed by atoms with Crippen molar-refractivity contribution in [1.29, 1.82) is 0 Å². The van der Waals surface area contributed by atoms with Crippen LogP contribution in [-0.4, -0.2) is 81.3 Å². The van der Waals surface area contributed by atoms with Crippen LogP contribution in [0, 0.1) is 0 Å². The molecule has 182 valence electrons. The minimum Gasteiger partial charge on any atom is -0.494 e. The molecule has 8 heteroatoms. The maximum Gasteiger partial charge on any atom is 0.191 e. The van der Waals surface area contributed by atoms with E-state index in [-0.39, 0.29) is 30.1 Å². The highest BCUT2D eigenvalue weighted by Crippen LogP contribution is 2.35. The van der Waals surface area contributed by atoms with Crippen molar-refractivity contribution in [2.75, 3.05) is 59.5 Å². The van der Waals surface area contributed by atoms with E-state index in [1.807, 2.05) is 14.0 Å². The summed E-state index contributed by atoms with van der Waals surface area (Å²) < 4.78 is 11.8. The lowest BCUT2D eigenvalue weighted by Crippen LogP contribution is -2.46. The van der Waals surface area contributed by atoms with Crippen molar-refractivity contribution in [1.82, 2.24) is 20.4 Å². The summed E-state index contributed by atoms with van der Waals surface area (Å²) >= 11 is 0. The Bertz CT molecular complexity index is 723. The first kappa shape index (κ1) is 27.0. The number of ether oxygens (including phenoxy) is 2. The molecule has 2 heterocycles. The zero-order valence-corrected chi connectivity index (χ0v) is 22.6. The second kappa shape index (κ2) is 14.1. The Balaban J connectivity index is 0.00000363. The number of nitrogens with zero attached hydrogens (tertiary/aromatic N) is 3. The number of guanidine groups is 1. The molecule has 2 N–H and O–H groups in total. The summed E-state index contributed by atoms with van der Waals surface area (Å²) in [5.41, 5.74) is 2.34. The van der Waals surface area contributed by atoms with Crippen LogP contribution in [0.3, 0.4) is 0 Å². The van der Waals surface area contributed by atoms with Gasteiger partial charge >= 0.3 is 0 Å². The summed E-state index contributed by atoms with van der Waals surface area (Å²) in [5.74, 6) is 2.74. The summed E-state index contributed by atoms with van der Waals surface area (Å²) in [7, 11) is 1.82. The van der Waals surface area contributed by atoms with Gasteiger partial charge in [-0.25, -0.2) is 0 Å². The molecular weight excluding hydrogens is 517 g/mol. The molecule has 7 nitrogen and oxygen atoms in total. The average molecular weight is 560 g/mol. The van der Waals surface area contributed by atoms with Crippen LogP contribution < -0.4 is 20.1 Å². The van der Waals surface area contributed by atoms with Gasteiger partial charge in [0.25, 0.3) is 0 Å². The zero-order valence-electron chi connectivity index (χ0n) is 20.3. The summed E-state index contributed by atoms with van der Waals surface area (Å²) in [6.07, 6.45) is 3.53. The molecule has 0 bridgehead atoms. The highest BCUT2D eigenvalue weighted by Gasteiger charge is 2.22. The summed E-state index contributed by atoms with van der Waals surface area (Å²) in [4.78, 5) is 9.49. The van der Waals surface area contributed by atoms with Gasteiger partial charge in [-0.1, -0.05) is 6.92 Å². The van der Waals surface area contributed by atoms with Crippen LogP contribution in [0.4, 0.5) is 0 Å². The third-order valence-electron chi connectivity index (χ3n) is 6.15. The Morgan fingerprint density at radius 1 is 1.12 bits per heavy atom. The van der Waals surface area contributed by atoms with Crippen molar-refractivity contribution in [2.45, 2.75) is 52.7 Å². The Kier molecular flexibility index (Phi) is 11.9. The molecule has 1 unspecified atom stereocenters. The normalized spacial score (nSPS) is 19.1. The van der Waals surface area contributed by atoms with Gasteiger partial charge in [0.05, 0.1) is 6.61 Å². The highest BCUT2D eigenvalue weighted by atomic mass is 127. The van der Waals surface area contributed by atoms with Gasteiger partial charge in [-0.15, -0.1) is 24.0 Å². The number of nitrogens with one attached hydrogen (secondary N) is 2. The van der Waals surface area contributed by atoms with Crippen LogP contribution in [0.2, 0.25) is 0 Å². The van der Waals surface area contributed by atoms with Gasteiger partial charge in [-0.3, -0.25) is 4.99 Å². The molecule has 0 aromatic heterocycles. The molecule has 2 aliphatic heterocycles. The maximum atomic E-state index is 5.93. The molecule has 0 amide bonds. The number of aliphatic imine (C=N–C) groups is 1. The first-order valence-corrected chi connectivity index (χ1v) is 12.0. The fourth-order valence-electron chi connectivity index (χ4n) is 4.31. The first-order valence-electron chi connectivity index (χ1n) is 12.0. The van der Waals surface area contributed by atoms with E-state index in [0.717, 1.165) is 42.4 Å². The Labute approximate surface area is 211 Å². The van der Waals surface area contributed by atoms with Crippen molar-refractivity contribution in [3.8, 4) is 11.5 Å². The van der Waals surface area contributed by atoms with E-state index in [1.54, 1.807) is 0 Å². The number of hydrogen-bond acceptors (Lipinski definition) is 5. The molecule has 0 spiro atoms. The highest BCUT2D eigenvalue weighted by molar-refractivity contribution is 14.0. The Morgan fingerprint density at radius 3 is 2.56 bits per heavy atom. The predicted molar refractivity (Wildman–Crippen MR) is 143 cm³/mol. The Hall–Kier alpha value is -1.26. The number of likely N-dealkylation sites (N-methyl/N-ethyl adjacent to an activating group) is 1. The molecule has 1 atom stereocenters. The number of piperazine rings is 1. The molecular formula is C24H42IN5O2. The van der Waals surface area contributed by atoms with Crippen molar-refractivity contribution >= 4 is 29.9 Å². The molecule has 1 aromatic carbocycles. The number of fused-ring (bicyclic) bond motifs is 1. The molecule has 0 aliphatic carbocycles. The topological polar surface area (TPSA) is 61.4 Å². The number of rotatable bonds is 10. The molecule has 0 saturated carbocycles. The molecule has 0 radical (unpaired) electrons. The molecule has 1 aromatic rings. The van der Waals surface area contributed by atoms with Crippen LogP contribution in [0.1, 0.15) is 44.7 Å². The van der Waals surface area contributed by atoms with E-state index in [1.165, 1.54) is 51.3 Å². The van der Waals surface area contributed by atoms with Crippen molar-refractivity contribution < 1.29 is 9.47 Å². The minimum atomic E-state index is 0. The van der Waals surface area contributed by atoms with Crippen LogP contribution in [0.5, 0.6) is 11.5 Å². The summed E-state index contributed by atoms with van der Waals surface area (Å²) in [6.45, 7) is 15.8. The fraction of sp³-hybridized carbons (Fsp3) is 0.708. The van der Waals surface area contributed by atoms with Gasteiger partial charge < -0.3 is 29.9 Å². The average Bonchev–Trinajstić information content (AvgIpc) is 3.15. The number of halogens is 1. The van der Waals surface area contributed by atoms with Gasteiger partial charge in [-0.2, -0.15) is 0 Å². The Morgan fingerprint density at radius 2 is 1.88 bits per heavy atom. The van der Waals surface area contributed by atoms with E-state index in [0.29, 0.717) is 13.2 Å².